The van der Waals surface area contributed by atoms with Crippen molar-refractivity contribution in [2.45, 2.75) is 6.92 Å². The number of carbonyl (C=O) groups excluding carboxylic acids is 1. The Morgan fingerprint density at radius 3 is 2.76 bits per heavy atom. The number of carbonyl (C=O) groups is 1. The van der Waals surface area contributed by atoms with E-state index in [1.807, 2.05) is 25.1 Å². The number of hydrogen-bond donors (Lipinski definition) is 1. The first-order valence-electron chi connectivity index (χ1n) is 5.03. The van der Waals surface area contributed by atoms with Gasteiger partial charge < -0.3 is 9.72 Å². The zero-order valence-electron chi connectivity index (χ0n) is 9.45. The minimum atomic E-state index is -0.494. The number of aryl methyl sites for hydroxylation is 1. The maximum Gasteiger partial charge on any atom is 0.374 e. The first kappa shape index (κ1) is 11.7. The van der Waals surface area contributed by atoms with Crippen LogP contribution in [-0.4, -0.2) is 23.0 Å². The van der Waals surface area contributed by atoms with Gasteiger partial charge in [-0.15, -0.1) is 0 Å². The van der Waals surface area contributed by atoms with Crippen molar-refractivity contribution in [3.8, 4) is 11.3 Å². The molecule has 0 unspecified atom stereocenters. The number of ether oxygens (including phenoxy) is 1. The van der Waals surface area contributed by atoms with E-state index in [1.165, 1.54) is 7.11 Å². The highest BCUT2D eigenvalue weighted by Crippen LogP contribution is 2.28. The fourth-order valence-corrected chi connectivity index (χ4v) is 1.79. The SMILES string of the molecule is COC(=O)c1nc(-c2ccccc2Cl)c(C)[nH]1. The molecular formula is C12H11ClN2O2. The molecule has 0 radical (unpaired) electrons. The Hall–Kier alpha value is -1.81. The Morgan fingerprint density at radius 1 is 1.41 bits per heavy atom. The summed E-state index contributed by atoms with van der Waals surface area (Å²) < 4.78 is 4.61. The molecule has 0 fully saturated rings. The van der Waals surface area contributed by atoms with Crippen LogP contribution < -0.4 is 0 Å². The maximum absolute atomic E-state index is 11.3. The Labute approximate surface area is 104 Å². The van der Waals surface area contributed by atoms with E-state index in [0.29, 0.717) is 10.7 Å². The molecule has 1 aromatic carbocycles. The predicted octanol–water partition coefficient (Wildman–Crippen LogP) is 2.83. The number of esters is 1. The van der Waals surface area contributed by atoms with E-state index in [1.54, 1.807) is 6.07 Å². The second-order valence-electron chi connectivity index (χ2n) is 3.53. The Bertz CT molecular complexity index is 563. The summed E-state index contributed by atoms with van der Waals surface area (Å²) in [6, 6.07) is 7.34. The van der Waals surface area contributed by atoms with Gasteiger partial charge in [0, 0.05) is 11.3 Å². The molecule has 0 bridgehead atoms. The van der Waals surface area contributed by atoms with Crippen LogP contribution in [0.15, 0.2) is 24.3 Å². The summed E-state index contributed by atoms with van der Waals surface area (Å²) in [5, 5.41) is 0.596. The molecule has 0 aliphatic rings. The lowest BCUT2D eigenvalue weighted by Gasteiger charge is -2.00. The summed E-state index contributed by atoms with van der Waals surface area (Å²) in [6.45, 7) is 1.83. The zero-order valence-corrected chi connectivity index (χ0v) is 10.2. The largest absolute Gasteiger partial charge is 0.463 e. The van der Waals surface area contributed by atoms with Crippen molar-refractivity contribution >= 4 is 17.6 Å². The Morgan fingerprint density at radius 2 is 2.12 bits per heavy atom. The standard InChI is InChI=1S/C12H11ClN2O2/c1-7-10(8-5-3-4-6-9(8)13)15-11(14-7)12(16)17-2/h3-6H,1-2H3,(H,14,15). The molecule has 0 saturated heterocycles. The highest BCUT2D eigenvalue weighted by atomic mass is 35.5. The fraction of sp³-hybridized carbons (Fsp3) is 0.167. The number of halogens is 1. The topological polar surface area (TPSA) is 55.0 Å². The van der Waals surface area contributed by atoms with Gasteiger partial charge in [0.1, 0.15) is 0 Å². The third kappa shape index (κ3) is 2.17. The van der Waals surface area contributed by atoms with Crippen LogP contribution >= 0.6 is 11.6 Å². The van der Waals surface area contributed by atoms with E-state index < -0.39 is 5.97 Å². The first-order valence-corrected chi connectivity index (χ1v) is 5.41. The summed E-state index contributed by atoms with van der Waals surface area (Å²) in [5.41, 5.74) is 2.23. The van der Waals surface area contributed by atoms with Crippen molar-refractivity contribution in [3.05, 3.63) is 40.8 Å². The average molecular weight is 251 g/mol. The van der Waals surface area contributed by atoms with Gasteiger partial charge in [-0.05, 0) is 13.0 Å². The summed E-state index contributed by atoms with van der Waals surface area (Å²) in [6.07, 6.45) is 0. The molecular weight excluding hydrogens is 240 g/mol. The number of methoxy groups -OCH3 is 1. The van der Waals surface area contributed by atoms with Crippen LogP contribution in [0.3, 0.4) is 0 Å². The van der Waals surface area contributed by atoms with E-state index in [-0.39, 0.29) is 5.82 Å². The third-order valence-corrected chi connectivity index (χ3v) is 2.72. The summed E-state index contributed by atoms with van der Waals surface area (Å²) in [5.74, 6) is -0.314. The quantitative estimate of drug-likeness (QED) is 0.834. The molecule has 2 aromatic rings. The molecule has 0 aliphatic carbocycles. The minimum absolute atomic E-state index is 0.180. The van der Waals surface area contributed by atoms with Gasteiger partial charge in [-0.3, -0.25) is 0 Å². The second-order valence-corrected chi connectivity index (χ2v) is 3.94. The molecule has 17 heavy (non-hydrogen) atoms. The van der Waals surface area contributed by atoms with E-state index >= 15 is 0 Å². The van der Waals surface area contributed by atoms with Gasteiger partial charge in [0.25, 0.3) is 0 Å². The molecule has 2 rings (SSSR count). The number of aromatic amines is 1. The molecule has 0 spiro atoms. The van der Waals surface area contributed by atoms with Crippen molar-refractivity contribution in [2.75, 3.05) is 7.11 Å². The third-order valence-electron chi connectivity index (χ3n) is 2.39. The number of benzene rings is 1. The van der Waals surface area contributed by atoms with Crippen LogP contribution in [0.2, 0.25) is 5.02 Å². The molecule has 1 N–H and O–H groups in total. The predicted molar refractivity (Wildman–Crippen MR) is 65.1 cm³/mol. The van der Waals surface area contributed by atoms with Crippen LogP contribution in [0.25, 0.3) is 11.3 Å². The normalized spacial score (nSPS) is 10.3. The zero-order chi connectivity index (χ0) is 12.4. The number of nitrogens with zero attached hydrogens (tertiary/aromatic N) is 1. The molecule has 1 aromatic heterocycles. The highest BCUT2D eigenvalue weighted by molar-refractivity contribution is 6.33. The van der Waals surface area contributed by atoms with Gasteiger partial charge in [0.15, 0.2) is 0 Å². The smallest absolute Gasteiger partial charge is 0.374 e. The number of aromatic nitrogens is 2. The summed E-state index contributed by atoms with van der Waals surface area (Å²) in [4.78, 5) is 18.4. The number of nitrogens with one attached hydrogen (secondary N) is 1. The van der Waals surface area contributed by atoms with E-state index in [0.717, 1.165) is 11.3 Å². The fourth-order valence-electron chi connectivity index (χ4n) is 1.57. The molecule has 0 atom stereocenters. The summed E-state index contributed by atoms with van der Waals surface area (Å²) >= 11 is 6.08. The van der Waals surface area contributed by atoms with Gasteiger partial charge >= 0.3 is 5.97 Å². The lowest BCUT2D eigenvalue weighted by atomic mass is 10.1. The monoisotopic (exact) mass is 250 g/mol. The molecule has 5 heteroatoms. The maximum atomic E-state index is 11.3. The molecule has 0 aliphatic heterocycles. The van der Waals surface area contributed by atoms with Crippen molar-refractivity contribution in [3.63, 3.8) is 0 Å². The molecule has 0 amide bonds. The van der Waals surface area contributed by atoms with Crippen molar-refractivity contribution in [2.24, 2.45) is 0 Å². The van der Waals surface area contributed by atoms with E-state index in [4.69, 9.17) is 11.6 Å². The number of hydrogen-bond acceptors (Lipinski definition) is 3. The number of H-pyrrole nitrogens is 1. The van der Waals surface area contributed by atoms with E-state index in [2.05, 4.69) is 14.7 Å². The van der Waals surface area contributed by atoms with Crippen molar-refractivity contribution < 1.29 is 9.53 Å². The summed E-state index contributed by atoms with van der Waals surface area (Å²) in [7, 11) is 1.31. The minimum Gasteiger partial charge on any atom is -0.463 e. The van der Waals surface area contributed by atoms with Crippen LogP contribution in [-0.2, 0) is 4.74 Å². The van der Waals surface area contributed by atoms with Crippen LogP contribution in [0, 0.1) is 6.92 Å². The van der Waals surface area contributed by atoms with Crippen LogP contribution in [0.5, 0.6) is 0 Å². The lowest BCUT2D eigenvalue weighted by Crippen LogP contribution is -2.03. The second kappa shape index (κ2) is 4.59. The van der Waals surface area contributed by atoms with Gasteiger partial charge in [-0.1, -0.05) is 29.8 Å². The van der Waals surface area contributed by atoms with E-state index in [9.17, 15) is 4.79 Å². The molecule has 1 heterocycles. The number of rotatable bonds is 2. The van der Waals surface area contributed by atoms with Crippen LogP contribution in [0.4, 0.5) is 0 Å². The molecule has 88 valence electrons. The van der Waals surface area contributed by atoms with Crippen LogP contribution in [0.1, 0.15) is 16.3 Å². The van der Waals surface area contributed by atoms with Crippen molar-refractivity contribution in [1.29, 1.82) is 0 Å². The highest BCUT2D eigenvalue weighted by Gasteiger charge is 2.16. The van der Waals surface area contributed by atoms with Crippen molar-refractivity contribution in [1.82, 2.24) is 9.97 Å². The lowest BCUT2D eigenvalue weighted by molar-refractivity contribution is 0.0588. The number of imidazole rings is 1. The Kier molecular flexibility index (Phi) is 3.15. The molecule has 4 nitrogen and oxygen atoms in total. The van der Waals surface area contributed by atoms with Gasteiger partial charge in [0.2, 0.25) is 5.82 Å². The first-order chi connectivity index (χ1) is 8.13. The van der Waals surface area contributed by atoms with Gasteiger partial charge in [0.05, 0.1) is 17.8 Å². The van der Waals surface area contributed by atoms with Gasteiger partial charge in [-0.25, -0.2) is 9.78 Å². The molecule has 0 saturated carbocycles. The Balaban J connectivity index is 2.50. The average Bonchev–Trinajstić information content (AvgIpc) is 2.71. The van der Waals surface area contributed by atoms with Gasteiger partial charge in [-0.2, -0.15) is 0 Å².